The van der Waals surface area contributed by atoms with Crippen LogP contribution in [0.1, 0.15) is 21.5 Å². The zero-order valence-electron chi connectivity index (χ0n) is 10.8. The van der Waals surface area contributed by atoms with Gasteiger partial charge < -0.3 is 11.1 Å². The number of hydrogen-bond donors (Lipinski definition) is 2. The van der Waals surface area contributed by atoms with E-state index in [0.29, 0.717) is 22.0 Å². The van der Waals surface area contributed by atoms with Gasteiger partial charge in [-0.2, -0.15) is 0 Å². The number of amides is 1. The molecule has 98 valence electrons. The molecule has 0 unspecified atom stereocenters. The number of nitrogen functional groups attached to an aromatic ring is 1. The van der Waals surface area contributed by atoms with Crippen LogP contribution in [-0.2, 0) is 0 Å². The fraction of sp³-hybridized carbons (Fsp3) is 0.133. The van der Waals surface area contributed by atoms with Crippen molar-refractivity contribution < 1.29 is 4.79 Å². The average Bonchev–Trinajstić information content (AvgIpc) is 2.36. The number of halogens is 1. The number of anilines is 2. The molecule has 2 aromatic rings. The van der Waals surface area contributed by atoms with Crippen molar-refractivity contribution in [2.75, 3.05) is 11.1 Å². The Morgan fingerprint density at radius 2 is 1.95 bits per heavy atom. The van der Waals surface area contributed by atoms with Gasteiger partial charge in [-0.05, 0) is 43.7 Å². The lowest BCUT2D eigenvalue weighted by molar-refractivity contribution is 0.102. The molecule has 19 heavy (non-hydrogen) atoms. The molecule has 0 heterocycles. The summed E-state index contributed by atoms with van der Waals surface area (Å²) in [6, 6.07) is 10.8. The number of hydrogen-bond acceptors (Lipinski definition) is 2. The van der Waals surface area contributed by atoms with E-state index < -0.39 is 0 Å². The number of carbonyl (C=O) groups is 1. The normalized spacial score (nSPS) is 10.3. The lowest BCUT2D eigenvalue weighted by Crippen LogP contribution is -2.13. The van der Waals surface area contributed by atoms with E-state index in [1.165, 1.54) is 0 Å². The minimum Gasteiger partial charge on any atom is -0.398 e. The zero-order chi connectivity index (χ0) is 14.0. The van der Waals surface area contributed by atoms with Gasteiger partial charge in [0.25, 0.3) is 5.91 Å². The van der Waals surface area contributed by atoms with Gasteiger partial charge in [0.15, 0.2) is 0 Å². The average molecular weight is 275 g/mol. The maximum absolute atomic E-state index is 12.1. The van der Waals surface area contributed by atoms with Crippen LogP contribution in [0.4, 0.5) is 11.4 Å². The molecule has 2 rings (SSSR count). The Morgan fingerprint density at radius 1 is 1.21 bits per heavy atom. The Labute approximate surface area is 117 Å². The van der Waals surface area contributed by atoms with Gasteiger partial charge >= 0.3 is 0 Å². The molecule has 0 fully saturated rings. The Morgan fingerprint density at radius 3 is 2.63 bits per heavy atom. The van der Waals surface area contributed by atoms with Crippen LogP contribution in [0.2, 0.25) is 5.02 Å². The van der Waals surface area contributed by atoms with Crippen LogP contribution in [0.3, 0.4) is 0 Å². The molecule has 0 aliphatic carbocycles. The maximum Gasteiger partial charge on any atom is 0.255 e. The fourth-order valence-corrected chi connectivity index (χ4v) is 1.98. The molecule has 0 spiro atoms. The van der Waals surface area contributed by atoms with Crippen molar-refractivity contribution in [2.24, 2.45) is 0 Å². The summed E-state index contributed by atoms with van der Waals surface area (Å²) in [5, 5.41) is 3.28. The van der Waals surface area contributed by atoms with E-state index in [-0.39, 0.29) is 5.91 Å². The molecule has 3 N–H and O–H groups in total. The second-order valence-electron chi connectivity index (χ2n) is 4.51. The highest BCUT2D eigenvalue weighted by atomic mass is 35.5. The highest BCUT2D eigenvalue weighted by Gasteiger charge is 2.09. The van der Waals surface area contributed by atoms with Crippen molar-refractivity contribution in [1.29, 1.82) is 0 Å². The quantitative estimate of drug-likeness (QED) is 0.819. The predicted molar refractivity (Wildman–Crippen MR) is 79.7 cm³/mol. The second-order valence-corrected chi connectivity index (χ2v) is 4.92. The van der Waals surface area contributed by atoms with E-state index in [0.717, 1.165) is 11.1 Å². The summed E-state index contributed by atoms with van der Waals surface area (Å²) in [4.78, 5) is 12.1. The van der Waals surface area contributed by atoms with Gasteiger partial charge in [0.1, 0.15) is 0 Å². The molecule has 1 amide bonds. The van der Waals surface area contributed by atoms with Gasteiger partial charge in [-0.25, -0.2) is 0 Å². The molecule has 4 heteroatoms. The van der Waals surface area contributed by atoms with Crippen LogP contribution in [0, 0.1) is 13.8 Å². The minimum atomic E-state index is -0.160. The summed E-state index contributed by atoms with van der Waals surface area (Å²) in [5.41, 5.74) is 9.42. The van der Waals surface area contributed by atoms with E-state index in [9.17, 15) is 4.79 Å². The Bertz CT molecular complexity index is 638. The first-order valence-corrected chi connectivity index (χ1v) is 6.29. The summed E-state index contributed by atoms with van der Waals surface area (Å²) in [6.45, 7) is 3.82. The van der Waals surface area contributed by atoms with Crippen LogP contribution >= 0.6 is 11.6 Å². The molecule has 0 aromatic heterocycles. The Balaban J connectivity index is 2.27. The largest absolute Gasteiger partial charge is 0.398 e. The molecular weight excluding hydrogens is 260 g/mol. The topological polar surface area (TPSA) is 55.1 Å². The van der Waals surface area contributed by atoms with Gasteiger partial charge in [0.05, 0.1) is 10.7 Å². The van der Waals surface area contributed by atoms with Gasteiger partial charge in [-0.1, -0.05) is 29.3 Å². The van der Waals surface area contributed by atoms with E-state index in [1.54, 1.807) is 18.2 Å². The highest BCUT2D eigenvalue weighted by molar-refractivity contribution is 6.33. The lowest BCUT2D eigenvalue weighted by Gasteiger charge is -2.10. The van der Waals surface area contributed by atoms with Crippen LogP contribution in [0.25, 0.3) is 0 Å². The van der Waals surface area contributed by atoms with Crippen LogP contribution in [-0.4, -0.2) is 5.91 Å². The third-order valence-electron chi connectivity index (χ3n) is 2.87. The van der Waals surface area contributed by atoms with Crippen LogP contribution in [0.15, 0.2) is 36.4 Å². The first-order valence-electron chi connectivity index (χ1n) is 5.91. The van der Waals surface area contributed by atoms with E-state index in [2.05, 4.69) is 5.32 Å². The third kappa shape index (κ3) is 3.06. The zero-order valence-corrected chi connectivity index (χ0v) is 11.6. The SMILES string of the molecule is Cc1cccc(C(=O)Nc2cc(Cl)c(N)cc2C)c1. The highest BCUT2D eigenvalue weighted by Crippen LogP contribution is 2.27. The van der Waals surface area contributed by atoms with E-state index in [1.807, 2.05) is 32.0 Å². The third-order valence-corrected chi connectivity index (χ3v) is 3.20. The second kappa shape index (κ2) is 5.33. The molecule has 0 saturated carbocycles. The van der Waals surface area contributed by atoms with Gasteiger partial charge in [-0.15, -0.1) is 0 Å². The number of aryl methyl sites for hydroxylation is 2. The molecule has 0 aliphatic heterocycles. The van der Waals surface area contributed by atoms with Crippen LogP contribution in [0.5, 0.6) is 0 Å². The summed E-state index contributed by atoms with van der Waals surface area (Å²) in [5.74, 6) is -0.160. The Hall–Kier alpha value is -2.00. The van der Waals surface area contributed by atoms with Crippen LogP contribution < -0.4 is 11.1 Å². The molecule has 0 radical (unpaired) electrons. The lowest BCUT2D eigenvalue weighted by atomic mass is 10.1. The summed E-state index contributed by atoms with van der Waals surface area (Å²) in [7, 11) is 0. The fourth-order valence-electron chi connectivity index (χ4n) is 1.82. The molecule has 2 aromatic carbocycles. The van der Waals surface area contributed by atoms with Crippen molar-refractivity contribution in [3.05, 3.63) is 58.1 Å². The first-order chi connectivity index (χ1) is 8.97. The van der Waals surface area contributed by atoms with Crippen molar-refractivity contribution in [2.45, 2.75) is 13.8 Å². The minimum absolute atomic E-state index is 0.160. The van der Waals surface area contributed by atoms with E-state index in [4.69, 9.17) is 17.3 Å². The number of nitrogens with two attached hydrogens (primary N) is 1. The number of rotatable bonds is 2. The van der Waals surface area contributed by atoms with Crippen molar-refractivity contribution in [3.8, 4) is 0 Å². The number of carbonyl (C=O) groups excluding carboxylic acids is 1. The first kappa shape index (κ1) is 13.4. The monoisotopic (exact) mass is 274 g/mol. The molecule has 3 nitrogen and oxygen atoms in total. The molecule has 0 atom stereocenters. The molecule has 0 bridgehead atoms. The molecule has 0 saturated heterocycles. The van der Waals surface area contributed by atoms with Crippen molar-refractivity contribution in [3.63, 3.8) is 0 Å². The van der Waals surface area contributed by atoms with Crippen molar-refractivity contribution in [1.82, 2.24) is 0 Å². The Kier molecular flexibility index (Phi) is 3.76. The smallest absolute Gasteiger partial charge is 0.255 e. The summed E-state index contributed by atoms with van der Waals surface area (Å²) in [6.07, 6.45) is 0. The number of nitrogens with one attached hydrogen (secondary N) is 1. The number of benzene rings is 2. The predicted octanol–water partition coefficient (Wildman–Crippen LogP) is 3.79. The van der Waals surface area contributed by atoms with Gasteiger partial charge in [-0.3, -0.25) is 4.79 Å². The van der Waals surface area contributed by atoms with Gasteiger partial charge in [0, 0.05) is 11.3 Å². The summed E-state index contributed by atoms with van der Waals surface area (Å²) >= 11 is 5.96. The molecule has 0 aliphatic rings. The summed E-state index contributed by atoms with van der Waals surface area (Å²) < 4.78 is 0. The maximum atomic E-state index is 12.1. The van der Waals surface area contributed by atoms with Crippen molar-refractivity contribution >= 4 is 28.9 Å². The van der Waals surface area contributed by atoms with E-state index >= 15 is 0 Å². The standard InChI is InChI=1S/C15H15ClN2O/c1-9-4-3-5-11(6-9)15(19)18-14-8-12(16)13(17)7-10(14)2/h3-8H,17H2,1-2H3,(H,18,19). The molecular formula is C15H15ClN2O. The van der Waals surface area contributed by atoms with Gasteiger partial charge in [0.2, 0.25) is 0 Å².